The lowest BCUT2D eigenvalue weighted by molar-refractivity contribution is -0.385. The third-order valence-electron chi connectivity index (χ3n) is 15.1. The van der Waals surface area contributed by atoms with Gasteiger partial charge in [0.25, 0.3) is 67.1 Å². The first-order valence-electron chi connectivity index (χ1n) is 36.0. The van der Waals surface area contributed by atoms with E-state index in [2.05, 4.69) is 53.2 Å². The number of carbonyl (C=O) groups is 15. The number of nitrogens with two attached hydrogens (primary N) is 5. The molecule has 0 unspecified atom stereocenters. The third-order valence-corrected chi connectivity index (χ3v) is 19.5. The van der Waals surface area contributed by atoms with Gasteiger partial charge in [0.05, 0.1) is 37.7 Å². The highest BCUT2D eigenvalue weighted by Gasteiger charge is 2.24. The summed E-state index contributed by atoms with van der Waals surface area (Å²) in [6.45, 7) is 9.80. The summed E-state index contributed by atoms with van der Waals surface area (Å²) in [5, 5.41) is 45.3. The van der Waals surface area contributed by atoms with Gasteiger partial charge in [-0.05, 0) is 202 Å². The Labute approximate surface area is 713 Å². The second-order valence-electron chi connectivity index (χ2n) is 24.5. The van der Waals surface area contributed by atoms with Crippen molar-refractivity contribution in [2.24, 2.45) is 28.7 Å². The largest absolute Gasteiger partial charge is 0.370 e. The number of non-ortho nitro benzene ring substituents is 2. The molecule has 0 radical (unpaired) electrons. The van der Waals surface area contributed by atoms with Gasteiger partial charge in [0.15, 0.2) is 0 Å². The van der Waals surface area contributed by atoms with Gasteiger partial charge in [0, 0.05) is 105 Å². The van der Waals surface area contributed by atoms with Crippen molar-refractivity contribution in [1.29, 1.82) is 0 Å². The molecule has 0 aliphatic rings. The predicted molar refractivity (Wildman–Crippen MR) is 459 cm³/mol. The van der Waals surface area contributed by atoms with Crippen LogP contribution in [0, 0.1) is 26.0 Å². The molecule has 0 saturated carbocycles. The van der Waals surface area contributed by atoms with Crippen LogP contribution in [-0.2, 0) is 24.0 Å². The van der Waals surface area contributed by atoms with Crippen molar-refractivity contribution in [3.05, 3.63) is 248 Å². The van der Waals surface area contributed by atoms with E-state index in [1.807, 2.05) is 13.8 Å². The van der Waals surface area contributed by atoms with Crippen LogP contribution in [-0.4, -0.2) is 139 Å². The van der Waals surface area contributed by atoms with E-state index in [0.29, 0.717) is 65.8 Å². The van der Waals surface area contributed by atoms with E-state index in [-0.39, 0.29) is 70.4 Å². The van der Waals surface area contributed by atoms with Crippen molar-refractivity contribution in [2.75, 3.05) is 42.1 Å². The van der Waals surface area contributed by atoms with Crippen LogP contribution >= 0.6 is 58.8 Å². The Hall–Kier alpha value is -13.7. The van der Waals surface area contributed by atoms with E-state index in [0.717, 1.165) is 71.7 Å². The predicted octanol–water partition coefficient (Wildman–Crippen LogP) is 10.8. The van der Waals surface area contributed by atoms with Gasteiger partial charge in [-0.25, -0.2) is 4.39 Å². The average molecular weight is 1760 g/mol. The quantitative estimate of drug-likeness (QED) is 0.0109. The third kappa shape index (κ3) is 37.6. The van der Waals surface area contributed by atoms with Gasteiger partial charge in [0.2, 0.25) is 29.5 Å². The number of nitro benzene ring substituents is 2. The summed E-state index contributed by atoms with van der Waals surface area (Å²) >= 11 is 4.32. The molecule has 8 aromatic carbocycles. The smallest absolute Gasteiger partial charge is 0.288 e. The van der Waals surface area contributed by atoms with Crippen molar-refractivity contribution >= 4 is 173 Å². The van der Waals surface area contributed by atoms with Gasteiger partial charge in [-0.1, -0.05) is 74.5 Å². The maximum absolute atomic E-state index is 12.9. The highest BCUT2D eigenvalue weighted by Crippen LogP contribution is 2.30. The first-order chi connectivity index (χ1) is 57.5. The first kappa shape index (κ1) is 99.6. The first-order valence-corrected chi connectivity index (χ1v) is 40.1. The van der Waals surface area contributed by atoms with Gasteiger partial charge in [-0.3, -0.25) is 92.1 Å². The van der Waals surface area contributed by atoms with Gasteiger partial charge >= 0.3 is 0 Å². The number of carbonyl (C=O) groups excluding carboxylic acids is 15. The van der Waals surface area contributed by atoms with Gasteiger partial charge < -0.3 is 81.8 Å². The summed E-state index contributed by atoms with van der Waals surface area (Å²) in [5.74, 6) is -5.60. The molecule has 8 aromatic rings. The highest BCUT2D eigenvalue weighted by atomic mass is 32.2. The molecule has 8 rings (SSSR count). The second-order valence-corrected chi connectivity index (χ2v) is 29.6. The van der Waals surface area contributed by atoms with Crippen LogP contribution in [0.15, 0.2) is 219 Å². The number of benzene rings is 8. The number of nitrogens with zero attached hydrogens (tertiary/aromatic N) is 2. The van der Waals surface area contributed by atoms with Crippen molar-refractivity contribution < 1.29 is 86.2 Å². The fraction of sp³-hybridized carbons (Fsp3) is 0.203. The number of hydrogen-bond acceptors (Lipinski definition) is 24. The van der Waals surface area contributed by atoms with Crippen LogP contribution in [0.2, 0.25) is 0 Å². The van der Waals surface area contributed by atoms with Crippen molar-refractivity contribution in [3.63, 3.8) is 0 Å². The molecule has 0 heterocycles. The fourth-order valence-corrected chi connectivity index (χ4v) is 12.8. The van der Waals surface area contributed by atoms with Crippen LogP contribution in [0.1, 0.15) is 112 Å². The number of anilines is 3. The lowest BCUT2D eigenvalue weighted by Gasteiger charge is -2.12. The number of nitro groups is 2. The number of rotatable bonds is 31. The molecule has 20 N–H and O–H groups in total. The minimum atomic E-state index is -0.857. The normalized spacial score (nSPS) is 10.9. The SMILES string of the molecule is CCCNC(=O)Sc1ccccc1C(=O)NCCC(N)=O.CCCNC(=O)Sc1ccccc1C(=O)N[C@@H](C)C(N)=O.C[C@@H](NC(=O)c1ccccc1SC(=O)Nc1ccc(F)cc1)C(N)=O.C[C@@H](NC(=O)c1ccccc1SC(=O)Nc1ccc([N+](=O)[O-])cc1)C(N)=O.NC(=O)CCNC(=O)c1ccccc1SC(=O)Nc1ccc([N+](=O)[O-])cc1. The zero-order valence-electron chi connectivity index (χ0n) is 65.3. The second kappa shape index (κ2) is 52.9. The van der Waals surface area contributed by atoms with Gasteiger partial charge in [0.1, 0.15) is 23.9 Å². The number of hydrogen-bond donors (Lipinski definition) is 15. The summed E-state index contributed by atoms with van der Waals surface area (Å²) in [6.07, 6.45) is 1.78. The van der Waals surface area contributed by atoms with Crippen LogP contribution in [0.25, 0.3) is 0 Å². The molecule has 0 bridgehead atoms. The molecule has 3 atom stereocenters. The van der Waals surface area contributed by atoms with E-state index in [1.165, 1.54) is 106 Å². The van der Waals surface area contributed by atoms with Crippen LogP contribution in [0.5, 0.6) is 0 Å². The molecule has 0 aliphatic carbocycles. The Balaban J connectivity index is 0.000000319. The molecule has 15 amide bonds. The topological polar surface area (TPSA) is 593 Å². The van der Waals surface area contributed by atoms with E-state index >= 15 is 0 Å². The molecule has 121 heavy (non-hydrogen) atoms. The highest BCUT2D eigenvalue weighted by molar-refractivity contribution is 8.15. The lowest BCUT2D eigenvalue weighted by atomic mass is 10.2. The maximum atomic E-state index is 12.9. The molecule has 0 saturated heterocycles. The van der Waals surface area contributed by atoms with Crippen LogP contribution in [0.4, 0.5) is 56.8 Å². The molecule has 0 spiro atoms. The lowest BCUT2D eigenvalue weighted by Crippen LogP contribution is -2.42. The molecule has 36 nitrogen and oxygen atoms in total. The van der Waals surface area contributed by atoms with Crippen LogP contribution < -0.4 is 81.8 Å². The number of halogens is 1. The fourth-order valence-electron chi connectivity index (χ4n) is 8.86. The molecule has 42 heteroatoms. The Morgan fingerprint density at radius 2 is 0.562 bits per heavy atom. The number of nitrogens with one attached hydrogen (secondary N) is 10. The standard InChI is InChI=1S/C17H16FN3O3S.2C17H16N4O5S.2C14H19N3O3S/c1-10(15(19)22)20-16(23)13-4-2-3-5-14(13)25-17(24)21-12-8-6-11(18)7-9-12;1-10(15(18)22)19-16(23)13-4-2-3-5-14(13)27-17(24)20-11-6-8-12(9-7-11)21(25)26;18-15(22)9-10-19-16(23)13-3-1-2-4-14(13)27-17(24)20-11-5-7-12(8-6-11)21(25)26;1-3-8-16-14(20)21-11-7-5-4-6-10(11)13(19)17-9(2)12(15)18;1-2-8-17-14(20)21-11-6-4-3-5-10(11)13(19)16-9-7-12(15)18/h2-10H,1H3,(H2,19,22)(H,20,23)(H,21,24);2-10H,1H3,(H2,18,22)(H,19,23)(H,20,24);1-8H,9-10H2,(H2,18,22)(H,19,23)(H,20,24);4-7,9H,3,8H2,1-2H3,(H2,15,18)(H,16,20)(H,17,19);3-6H,2,7-9H2,1H3,(H2,15,18)(H,16,19)(H,17,20)/t2*10-;;9-;/m11.0./s1. The van der Waals surface area contributed by atoms with E-state index in [9.17, 15) is 96.5 Å². The summed E-state index contributed by atoms with van der Waals surface area (Å²) in [5.41, 5.74) is 27.9. The Bertz CT molecular complexity index is 5020. The van der Waals surface area contributed by atoms with Crippen molar-refractivity contribution in [1.82, 2.24) is 37.2 Å². The molecule has 0 aromatic heterocycles. The van der Waals surface area contributed by atoms with Crippen LogP contribution in [0.3, 0.4) is 0 Å². The molecular weight excluding hydrogens is 1670 g/mol. The zero-order valence-corrected chi connectivity index (χ0v) is 69.4. The molecular formula is C79H86FN17O19S5. The maximum Gasteiger partial charge on any atom is 0.288 e. The van der Waals surface area contributed by atoms with Crippen molar-refractivity contribution in [2.45, 2.75) is 103 Å². The van der Waals surface area contributed by atoms with Crippen molar-refractivity contribution in [3.8, 4) is 0 Å². The Morgan fingerprint density at radius 3 is 0.793 bits per heavy atom. The minimum absolute atomic E-state index is 0.0156. The Kier molecular flexibility index (Phi) is 43.5. The molecule has 0 aliphatic heterocycles. The summed E-state index contributed by atoms with van der Waals surface area (Å²) < 4.78 is 12.9. The minimum Gasteiger partial charge on any atom is -0.370 e. The average Bonchev–Trinajstić information content (AvgIpc) is 0.855. The zero-order chi connectivity index (χ0) is 89.7. The summed E-state index contributed by atoms with van der Waals surface area (Å²) in [6, 6.07) is 46.5. The van der Waals surface area contributed by atoms with Gasteiger partial charge in [-0.2, -0.15) is 0 Å². The van der Waals surface area contributed by atoms with E-state index in [1.54, 1.807) is 109 Å². The van der Waals surface area contributed by atoms with E-state index < -0.39 is 103 Å². The summed E-state index contributed by atoms with van der Waals surface area (Å²) in [4.78, 5) is 198. The van der Waals surface area contributed by atoms with E-state index in [4.69, 9.17) is 28.7 Å². The molecule has 638 valence electrons. The number of primary amides is 5. The monoisotopic (exact) mass is 1760 g/mol. The van der Waals surface area contributed by atoms with Gasteiger partial charge in [-0.15, -0.1) is 0 Å². The number of thioether (sulfide) groups is 5. The Morgan fingerprint density at radius 1 is 0.331 bits per heavy atom. The summed E-state index contributed by atoms with van der Waals surface area (Å²) in [7, 11) is 0. The molecule has 0 fully saturated rings. The number of amides is 15.